The minimum Gasteiger partial charge on any atom is -0.366 e. The van der Waals surface area contributed by atoms with Gasteiger partial charge in [-0.2, -0.15) is 20.4 Å². The van der Waals surface area contributed by atoms with Crippen LogP contribution in [0, 0.1) is 0 Å². The molecule has 0 aliphatic heterocycles. The van der Waals surface area contributed by atoms with Crippen molar-refractivity contribution in [2.45, 2.75) is 20.8 Å². The molecule has 2 aromatic rings. The normalized spacial score (nSPS) is 11.9. The van der Waals surface area contributed by atoms with Crippen molar-refractivity contribution in [1.29, 1.82) is 0 Å². The van der Waals surface area contributed by atoms with E-state index in [1.807, 2.05) is 50.2 Å². The van der Waals surface area contributed by atoms with Gasteiger partial charge in [-0.1, -0.05) is 12.1 Å². The fraction of sp³-hybridized carbons (Fsp3) is 0.391. The van der Waals surface area contributed by atoms with Crippen LogP contribution < -0.4 is 4.90 Å². The second-order valence-electron chi connectivity index (χ2n) is 8.19. The van der Waals surface area contributed by atoms with Crippen LogP contribution in [0.25, 0.3) is 0 Å². The first-order chi connectivity index (χ1) is 13.8. The molecule has 0 heterocycles. The molecule has 2 rings (SSSR count). The predicted octanol–water partition coefficient (Wildman–Crippen LogP) is 5.45. The van der Waals surface area contributed by atoms with Crippen molar-refractivity contribution >= 4 is 29.0 Å². The summed E-state index contributed by atoms with van der Waals surface area (Å²) in [5, 5.41) is 16.7. The number of rotatable bonds is 9. The van der Waals surface area contributed by atoms with Crippen LogP contribution in [0.3, 0.4) is 0 Å². The molecule has 154 valence electrons. The van der Waals surface area contributed by atoms with Gasteiger partial charge >= 0.3 is 0 Å². The summed E-state index contributed by atoms with van der Waals surface area (Å²) in [7, 11) is 6.66. The molecule has 29 heavy (non-hydrogen) atoms. The highest BCUT2D eigenvalue weighted by atomic mass is 15.3. The molecule has 6 nitrogen and oxygen atoms in total. The van der Waals surface area contributed by atoms with Gasteiger partial charge in [-0.15, -0.1) is 0 Å². The molecule has 0 amide bonds. The van der Waals surface area contributed by atoms with Crippen LogP contribution in [0.4, 0.5) is 17.1 Å². The zero-order valence-corrected chi connectivity index (χ0v) is 18.5. The number of hydrogen-bond acceptors (Lipinski definition) is 5. The first-order valence-electron chi connectivity index (χ1n) is 9.98. The van der Waals surface area contributed by atoms with Crippen molar-refractivity contribution in [2.24, 2.45) is 20.4 Å². The molecule has 0 aromatic heterocycles. The minimum absolute atomic E-state index is 0.805. The van der Waals surface area contributed by atoms with Crippen LogP contribution in [-0.4, -0.2) is 57.2 Å². The molecular weight excluding hydrogens is 360 g/mol. The van der Waals surface area contributed by atoms with E-state index in [2.05, 4.69) is 65.5 Å². The highest BCUT2D eigenvalue weighted by Crippen LogP contribution is 2.22. The fourth-order valence-corrected chi connectivity index (χ4v) is 2.57. The van der Waals surface area contributed by atoms with Crippen LogP contribution in [0.1, 0.15) is 26.3 Å². The Balaban J connectivity index is 1.99. The fourth-order valence-electron chi connectivity index (χ4n) is 2.57. The van der Waals surface area contributed by atoms with Gasteiger partial charge in [-0.25, -0.2) is 0 Å². The van der Waals surface area contributed by atoms with Crippen LogP contribution >= 0.6 is 0 Å². The molecule has 0 saturated heterocycles. The summed E-state index contributed by atoms with van der Waals surface area (Å²) in [6, 6.07) is 16.0. The van der Waals surface area contributed by atoms with Gasteiger partial charge in [0.1, 0.15) is 0 Å². The Morgan fingerprint density at radius 1 is 0.897 bits per heavy atom. The van der Waals surface area contributed by atoms with Gasteiger partial charge < -0.3 is 9.38 Å². The lowest BCUT2D eigenvalue weighted by atomic mass is 10.2. The topological polar surface area (TPSA) is 52.7 Å². The summed E-state index contributed by atoms with van der Waals surface area (Å²) in [5.74, 6) is 0. The molecule has 0 spiro atoms. The Morgan fingerprint density at radius 3 is 1.93 bits per heavy atom. The Kier molecular flexibility index (Phi) is 8.21. The smallest absolute Gasteiger partial charge is 0.0958 e. The third kappa shape index (κ3) is 8.35. The first-order valence-corrected chi connectivity index (χ1v) is 9.98. The van der Waals surface area contributed by atoms with Crippen molar-refractivity contribution in [1.82, 2.24) is 0 Å². The van der Waals surface area contributed by atoms with E-state index in [-0.39, 0.29) is 0 Å². The third-order valence-corrected chi connectivity index (χ3v) is 4.28. The summed E-state index contributed by atoms with van der Waals surface area (Å²) in [4.78, 5) is 2.38. The highest BCUT2D eigenvalue weighted by Gasteiger charge is 2.11. The molecule has 0 bridgehead atoms. The van der Waals surface area contributed by atoms with Gasteiger partial charge in [0.2, 0.25) is 0 Å². The highest BCUT2D eigenvalue weighted by molar-refractivity contribution is 5.83. The lowest BCUT2D eigenvalue weighted by Gasteiger charge is -2.29. The van der Waals surface area contributed by atoms with Crippen molar-refractivity contribution in [3.05, 3.63) is 54.1 Å². The van der Waals surface area contributed by atoms with Gasteiger partial charge in [0, 0.05) is 17.9 Å². The van der Waals surface area contributed by atoms with Crippen molar-refractivity contribution in [3.8, 4) is 0 Å². The Labute approximate surface area is 174 Å². The molecule has 0 fully saturated rings. The number of nitrogens with zero attached hydrogens (tertiary/aromatic N) is 6. The van der Waals surface area contributed by atoms with Crippen LogP contribution in [-0.2, 0) is 0 Å². The second-order valence-corrected chi connectivity index (χ2v) is 8.19. The van der Waals surface area contributed by atoms with E-state index in [9.17, 15) is 0 Å². The molecule has 0 atom stereocenters. The number of quaternary nitrogens is 1. The lowest BCUT2D eigenvalue weighted by molar-refractivity contribution is -0.868. The summed E-state index contributed by atoms with van der Waals surface area (Å²) >= 11 is 0. The molecule has 6 heteroatoms. The number of benzene rings is 2. The quantitative estimate of drug-likeness (QED) is 0.242. The van der Waals surface area contributed by atoms with Crippen molar-refractivity contribution < 1.29 is 4.48 Å². The van der Waals surface area contributed by atoms with E-state index in [1.54, 1.807) is 6.21 Å². The van der Waals surface area contributed by atoms with E-state index >= 15 is 0 Å². The predicted molar refractivity (Wildman–Crippen MR) is 124 cm³/mol. The van der Waals surface area contributed by atoms with Crippen LogP contribution in [0.2, 0.25) is 0 Å². The Hall–Kier alpha value is -2.86. The van der Waals surface area contributed by atoms with Crippen molar-refractivity contribution in [2.75, 3.05) is 45.7 Å². The summed E-state index contributed by atoms with van der Waals surface area (Å²) < 4.78 is 0.957. The molecule has 0 aliphatic carbocycles. The number of anilines is 1. The molecule has 0 aliphatic rings. The zero-order valence-electron chi connectivity index (χ0n) is 18.5. The Morgan fingerprint density at radius 2 is 1.45 bits per heavy atom. The van der Waals surface area contributed by atoms with Crippen LogP contribution in [0.15, 0.2) is 69.0 Å². The molecular formula is C23H33N6+. The second kappa shape index (κ2) is 10.6. The SMILES string of the molecule is CCN(CC[N+](C)(C)C)c1ccc(N=Nc2ccc(/C=N/N=C(C)C)cc2)cc1. The maximum atomic E-state index is 4.35. The van der Waals surface area contributed by atoms with E-state index in [0.717, 1.165) is 46.8 Å². The van der Waals surface area contributed by atoms with E-state index < -0.39 is 0 Å². The van der Waals surface area contributed by atoms with Gasteiger partial charge in [-0.3, -0.25) is 0 Å². The molecule has 0 radical (unpaired) electrons. The van der Waals surface area contributed by atoms with Gasteiger partial charge in [-0.05, 0) is 62.7 Å². The van der Waals surface area contributed by atoms with Crippen molar-refractivity contribution in [3.63, 3.8) is 0 Å². The third-order valence-electron chi connectivity index (χ3n) is 4.28. The summed E-state index contributed by atoms with van der Waals surface area (Å²) in [5.41, 5.74) is 4.77. The first kappa shape index (κ1) is 22.4. The minimum atomic E-state index is 0.805. The van der Waals surface area contributed by atoms with E-state index in [1.165, 1.54) is 5.69 Å². The Bertz CT molecular complexity index is 838. The molecule has 0 unspecified atom stereocenters. The van der Waals surface area contributed by atoms with Gasteiger partial charge in [0.25, 0.3) is 0 Å². The van der Waals surface area contributed by atoms with Crippen LogP contribution in [0.5, 0.6) is 0 Å². The van der Waals surface area contributed by atoms with E-state index in [4.69, 9.17) is 0 Å². The number of azo groups is 1. The zero-order chi connectivity index (χ0) is 21.3. The van der Waals surface area contributed by atoms with Gasteiger partial charge in [0.15, 0.2) is 0 Å². The summed E-state index contributed by atoms with van der Waals surface area (Å²) in [6.45, 7) is 9.13. The molecule has 0 N–H and O–H groups in total. The average Bonchev–Trinajstić information content (AvgIpc) is 2.67. The number of hydrogen-bond donors (Lipinski definition) is 0. The summed E-state index contributed by atoms with van der Waals surface area (Å²) in [6.07, 6.45) is 1.73. The monoisotopic (exact) mass is 393 g/mol. The average molecular weight is 394 g/mol. The standard InChI is InChI=1S/C23H33N6/c1-7-28(16-17-29(4,5)6)23-14-12-22(13-15-23)27-26-21-10-8-20(9-11-21)18-24-25-19(2)3/h8-15,18H,7,16-17H2,1-6H3/q+1/b24-18+,27-26?. The molecule has 0 saturated carbocycles. The number of likely N-dealkylation sites (N-methyl/N-ethyl adjacent to an activating group) is 2. The maximum absolute atomic E-state index is 4.35. The lowest BCUT2D eigenvalue weighted by Crippen LogP contribution is -2.42. The van der Waals surface area contributed by atoms with Gasteiger partial charge in [0.05, 0.1) is 51.8 Å². The molecule has 2 aromatic carbocycles. The largest absolute Gasteiger partial charge is 0.366 e. The maximum Gasteiger partial charge on any atom is 0.0958 e. The van der Waals surface area contributed by atoms with E-state index in [0.29, 0.717) is 0 Å².